The summed E-state index contributed by atoms with van der Waals surface area (Å²) in [7, 11) is 0. The van der Waals surface area contributed by atoms with Gasteiger partial charge in [-0.15, -0.1) is 0 Å². The van der Waals surface area contributed by atoms with Crippen molar-refractivity contribution < 1.29 is 29.0 Å². The highest BCUT2D eigenvalue weighted by molar-refractivity contribution is 6.00. The van der Waals surface area contributed by atoms with E-state index >= 15 is 0 Å². The number of amides is 4. The molecule has 0 heterocycles. The van der Waals surface area contributed by atoms with Crippen LogP contribution in [0.4, 0.5) is 10.5 Å². The predicted molar refractivity (Wildman–Crippen MR) is 163 cm³/mol. The molecule has 5 N–H and O–H groups in total. The van der Waals surface area contributed by atoms with E-state index in [4.69, 9.17) is 10.5 Å². The van der Waals surface area contributed by atoms with Gasteiger partial charge in [0.15, 0.2) is 0 Å². The molecular formula is C32H46N4O6. The first-order valence-corrected chi connectivity index (χ1v) is 14.5. The third-order valence-electron chi connectivity index (χ3n) is 6.71. The first-order valence-electron chi connectivity index (χ1n) is 14.5. The lowest BCUT2D eigenvalue weighted by Gasteiger charge is -2.35. The number of hydrogen-bond donors (Lipinski definition) is 4. The Hall–Kier alpha value is -4.08. The summed E-state index contributed by atoms with van der Waals surface area (Å²) in [5.74, 6) is -2.19. The first kappa shape index (κ1) is 34.1. The second-order valence-corrected chi connectivity index (χ2v) is 11.5. The Kier molecular flexibility index (Phi) is 12.8. The van der Waals surface area contributed by atoms with Crippen LogP contribution in [0.25, 0.3) is 0 Å². The van der Waals surface area contributed by atoms with Crippen molar-refractivity contribution in [2.75, 3.05) is 11.9 Å². The molecule has 230 valence electrons. The molecule has 0 aliphatic rings. The normalized spacial score (nSPS) is 12.6. The van der Waals surface area contributed by atoms with E-state index < -0.39 is 47.9 Å². The van der Waals surface area contributed by atoms with E-state index in [0.717, 1.165) is 31.2 Å². The Morgan fingerprint density at radius 3 is 2.21 bits per heavy atom. The van der Waals surface area contributed by atoms with Crippen molar-refractivity contribution in [2.45, 2.75) is 97.8 Å². The third-order valence-corrected chi connectivity index (χ3v) is 6.71. The Bertz CT molecular complexity index is 1240. The number of para-hydroxylation sites is 2. The van der Waals surface area contributed by atoms with Gasteiger partial charge < -0.3 is 31.1 Å². The number of hydrogen-bond acceptors (Lipinski definition) is 6. The summed E-state index contributed by atoms with van der Waals surface area (Å²) in [6.07, 6.45) is 2.94. The van der Waals surface area contributed by atoms with Gasteiger partial charge >= 0.3 is 6.09 Å². The van der Waals surface area contributed by atoms with Gasteiger partial charge in [0.1, 0.15) is 23.4 Å². The number of nitrogens with zero attached hydrogens (tertiary/aromatic N) is 1. The summed E-state index contributed by atoms with van der Waals surface area (Å²) in [6.45, 7) is 10.8. The van der Waals surface area contributed by atoms with Gasteiger partial charge in [-0.05, 0) is 58.2 Å². The zero-order chi connectivity index (χ0) is 31.4. The van der Waals surface area contributed by atoms with E-state index in [0.29, 0.717) is 17.7 Å². The van der Waals surface area contributed by atoms with Gasteiger partial charge in [0, 0.05) is 17.8 Å². The number of phenols is 1. The summed E-state index contributed by atoms with van der Waals surface area (Å²) >= 11 is 0. The zero-order valence-electron chi connectivity index (χ0n) is 25.7. The van der Waals surface area contributed by atoms with E-state index in [9.17, 15) is 24.3 Å². The quantitative estimate of drug-likeness (QED) is 0.223. The molecule has 0 saturated heterocycles. The molecule has 0 bridgehead atoms. The minimum Gasteiger partial charge on any atom is -0.507 e. The molecule has 0 aliphatic heterocycles. The smallest absolute Gasteiger partial charge is 0.408 e. The minimum atomic E-state index is -1.39. The lowest BCUT2D eigenvalue weighted by Crippen LogP contribution is -2.53. The van der Waals surface area contributed by atoms with Gasteiger partial charge in [0.2, 0.25) is 11.8 Å². The molecule has 2 aromatic rings. The fourth-order valence-corrected chi connectivity index (χ4v) is 4.57. The highest BCUT2D eigenvalue weighted by Gasteiger charge is 2.38. The van der Waals surface area contributed by atoms with E-state index in [1.54, 1.807) is 58.0 Å². The van der Waals surface area contributed by atoms with Crippen LogP contribution in [-0.4, -0.2) is 52.0 Å². The van der Waals surface area contributed by atoms with Crippen LogP contribution in [0.1, 0.15) is 89.0 Å². The molecule has 42 heavy (non-hydrogen) atoms. The van der Waals surface area contributed by atoms with Crippen molar-refractivity contribution in [3.05, 3.63) is 59.2 Å². The second kappa shape index (κ2) is 15.8. The van der Waals surface area contributed by atoms with Crippen molar-refractivity contribution in [3.8, 4) is 5.75 Å². The largest absolute Gasteiger partial charge is 0.507 e. The monoisotopic (exact) mass is 582 g/mol. The van der Waals surface area contributed by atoms with E-state index in [1.807, 2.05) is 19.1 Å². The number of carbonyl (C=O) groups is 4. The number of primary amides is 1. The molecule has 0 aromatic heterocycles. The molecule has 0 saturated carbocycles. The number of anilines is 1. The number of aryl methyl sites for hydroxylation is 2. The van der Waals surface area contributed by atoms with Crippen LogP contribution in [0.2, 0.25) is 0 Å². The Labute approximate surface area is 249 Å². The number of ether oxygens (including phenoxy) is 1. The molecule has 0 radical (unpaired) electrons. The molecule has 2 aromatic carbocycles. The van der Waals surface area contributed by atoms with Crippen molar-refractivity contribution in [3.63, 3.8) is 0 Å². The molecule has 10 nitrogen and oxygen atoms in total. The number of benzene rings is 2. The highest BCUT2D eigenvalue weighted by Crippen LogP contribution is 2.34. The first-order chi connectivity index (χ1) is 19.7. The average molecular weight is 583 g/mol. The number of unbranched alkanes of at least 4 members (excludes halogenated alkanes) is 4. The molecule has 10 heteroatoms. The van der Waals surface area contributed by atoms with Gasteiger partial charge in [-0.2, -0.15) is 0 Å². The van der Waals surface area contributed by atoms with Crippen LogP contribution in [0.15, 0.2) is 42.5 Å². The van der Waals surface area contributed by atoms with E-state index in [2.05, 4.69) is 17.6 Å². The summed E-state index contributed by atoms with van der Waals surface area (Å²) in [4.78, 5) is 54.3. The molecule has 0 aliphatic carbocycles. The molecule has 0 spiro atoms. The predicted octanol–water partition coefficient (Wildman–Crippen LogP) is 5.26. The van der Waals surface area contributed by atoms with E-state index in [1.165, 1.54) is 4.90 Å². The number of alkyl carbamates (subject to hydrolysis) is 1. The van der Waals surface area contributed by atoms with Crippen molar-refractivity contribution in [1.82, 2.24) is 10.2 Å². The maximum absolute atomic E-state index is 14.2. The van der Waals surface area contributed by atoms with Gasteiger partial charge in [-0.3, -0.25) is 14.4 Å². The van der Waals surface area contributed by atoms with Crippen molar-refractivity contribution in [2.24, 2.45) is 5.73 Å². The van der Waals surface area contributed by atoms with Crippen molar-refractivity contribution in [1.29, 1.82) is 0 Å². The molecule has 2 rings (SSSR count). The Morgan fingerprint density at radius 1 is 0.952 bits per heavy atom. The summed E-state index contributed by atoms with van der Waals surface area (Å²) in [6, 6.07) is 9.54. The highest BCUT2D eigenvalue weighted by atomic mass is 16.6. The third kappa shape index (κ3) is 10.4. The van der Waals surface area contributed by atoms with Crippen LogP contribution in [0.3, 0.4) is 0 Å². The fourth-order valence-electron chi connectivity index (χ4n) is 4.57. The maximum Gasteiger partial charge on any atom is 0.408 e. The number of aromatic hydroxyl groups is 1. The van der Waals surface area contributed by atoms with Crippen LogP contribution in [-0.2, 0) is 19.1 Å². The molecule has 2 atom stereocenters. The molecule has 2 unspecified atom stereocenters. The van der Waals surface area contributed by atoms with Crippen LogP contribution < -0.4 is 16.4 Å². The number of phenolic OH excluding ortho intramolecular Hbond substituents is 1. The van der Waals surface area contributed by atoms with Crippen LogP contribution >= 0.6 is 0 Å². The van der Waals surface area contributed by atoms with Crippen LogP contribution in [0, 0.1) is 13.8 Å². The maximum atomic E-state index is 14.2. The number of rotatable bonds is 14. The summed E-state index contributed by atoms with van der Waals surface area (Å²) in [5, 5.41) is 16.5. The van der Waals surface area contributed by atoms with Gasteiger partial charge in [0.25, 0.3) is 5.91 Å². The lowest BCUT2D eigenvalue weighted by molar-refractivity contribution is -0.142. The second-order valence-electron chi connectivity index (χ2n) is 11.5. The summed E-state index contributed by atoms with van der Waals surface area (Å²) in [5.41, 5.74) is 6.73. The fraction of sp³-hybridized carbons (Fsp3) is 0.500. The molecular weight excluding hydrogens is 536 g/mol. The number of nitrogens with two attached hydrogens (primary N) is 1. The van der Waals surface area contributed by atoms with Gasteiger partial charge in [-0.1, -0.05) is 69.0 Å². The summed E-state index contributed by atoms with van der Waals surface area (Å²) < 4.78 is 5.33. The van der Waals surface area contributed by atoms with Crippen LogP contribution in [0.5, 0.6) is 5.75 Å². The Morgan fingerprint density at radius 2 is 1.60 bits per heavy atom. The average Bonchev–Trinajstić information content (AvgIpc) is 2.89. The molecule has 4 amide bonds. The number of nitrogens with one attached hydrogen (secondary N) is 2. The lowest BCUT2D eigenvalue weighted by atomic mass is 9.98. The minimum absolute atomic E-state index is 0.127. The standard InChI is InChI=1S/C32H46N4O6/c1-7-8-9-10-13-19-36(30(40)25(20-26(33)37)35-31(41)42-32(4,5)6)27(23-17-14-16-22(3)28(23)38)29(39)34-24-18-12-11-15-21(24)2/h11-12,14-18,25,27,38H,7-10,13,19-20H2,1-6H3,(H2,33,37)(H,34,39)(H,35,41). The van der Waals surface area contributed by atoms with Gasteiger partial charge in [-0.25, -0.2) is 4.79 Å². The van der Waals surface area contributed by atoms with Crippen molar-refractivity contribution >= 4 is 29.5 Å². The van der Waals surface area contributed by atoms with E-state index in [-0.39, 0.29) is 17.9 Å². The number of carbonyl (C=O) groups excluding carboxylic acids is 4. The molecule has 0 fully saturated rings. The Balaban J connectivity index is 2.61. The topological polar surface area (TPSA) is 151 Å². The SMILES string of the molecule is CCCCCCCN(C(=O)C(CC(N)=O)NC(=O)OC(C)(C)C)C(C(=O)Nc1ccccc1C)c1cccc(C)c1O. The van der Waals surface area contributed by atoms with Gasteiger partial charge in [0.05, 0.1) is 6.42 Å². The zero-order valence-corrected chi connectivity index (χ0v) is 25.7.